The second kappa shape index (κ2) is 18.4. The summed E-state index contributed by atoms with van der Waals surface area (Å²) in [6.07, 6.45) is 9.22. The summed E-state index contributed by atoms with van der Waals surface area (Å²) in [6.45, 7) is 10.7. The monoisotopic (exact) mass is 596 g/mol. The van der Waals surface area contributed by atoms with Crippen LogP contribution in [0.4, 0.5) is 0 Å². The SMILES string of the molecule is Cc1c(Cc2ccc(OCC(C)CCCP)cc2)ccc(OOCc2ccc(OCCC(C)CCCP)cc2)c1C. The molecule has 0 aliphatic heterocycles. The van der Waals surface area contributed by atoms with Crippen molar-refractivity contribution in [1.29, 1.82) is 0 Å². The minimum absolute atomic E-state index is 0.372. The summed E-state index contributed by atoms with van der Waals surface area (Å²) in [5.41, 5.74) is 5.90. The maximum Gasteiger partial charge on any atom is 0.168 e. The summed E-state index contributed by atoms with van der Waals surface area (Å²) >= 11 is 0. The molecule has 0 heterocycles. The molecule has 0 aromatic heterocycles. The zero-order valence-corrected chi connectivity index (χ0v) is 27.8. The van der Waals surface area contributed by atoms with Crippen molar-refractivity contribution in [3.05, 3.63) is 88.5 Å². The van der Waals surface area contributed by atoms with Crippen LogP contribution >= 0.6 is 18.5 Å². The summed E-state index contributed by atoms with van der Waals surface area (Å²) in [6, 6.07) is 20.7. The molecule has 224 valence electrons. The molecule has 0 aliphatic rings. The highest BCUT2D eigenvalue weighted by molar-refractivity contribution is 7.16. The molecule has 3 aromatic carbocycles. The molecule has 0 spiro atoms. The van der Waals surface area contributed by atoms with E-state index in [4.69, 9.17) is 19.2 Å². The van der Waals surface area contributed by atoms with Gasteiger partial charge in [0, 0.05) is 0 Å². The Morgan fingerprint density at radius 2 is 1.27 bits per heavy atom. The molecule has 0 saturated heterocycles. The Bertz CT molecular complexity index is 1150. The Morgan fingerprint density at radius 1 is 0.659 bits per heavy atom. The van der Waals surface area contributed by atoms with E-state index in [0.29, 0.717) is 18.4 Å². The fourth-order valence-electron chi connectivity index (χ4n) is 4.68. The average Bonchev–Trinajstić information content (AvgIpc) is 2.99. The van der Waals surface area contributed by atoms with Gasteiger partial charge in [-0.25, -0.2) is 0 Å². The zero-order chi connectivity index (χ0) is 29.5. The molecule has 0 radical (unpaired) electrons. The van der Waals surface area contributed by atoms with Gasteiger partial charge in [0.2, 0.25) is 0 Å². The van der Waals surface area contributed by atoms with E-state index in [-0.39, 0.29) is 0 Å². The van der Waals surface area contributed by atoms with Gasteiger partial charge >= 0.3 is 0 Å². The standard InChI is InChI=1S/C35H50O4P2/c1-26(7-5-21-40)19-20-36-33-16-11-31(12-17-33)25-38-39-35-18-13-32(28(3)29(35)4)23-30-9-14-34(15-10-30)37-24-27(2)8-6-22-41/h9-18,26-27H,5-8,19-25,40-41H2,1-4H3. The Morgan fingerprint density at radius 3 is 1.93 bits per heavy atom. The molecule has 4 nitrogen and oxygen atoms in total. The third-order valence-corrected chi connectivity index (χ3v) is 8.50. The van der Waals surface area contributed by atoms with E-state index < -0.39 is 0 Å². The van der Waals surface area contributed by atoms with E-state index in [1.54, 1.807) is 0 Å². The van der Waals surface area contributed by atoms with Crippen LogP contribution in [0, 0.1) is 25.7 Å². The predicted molar refractivity (Wildman–Crippen MR) is 179 cm³/mol. The smallest absolute Gasteiger partial charge is 0.168 e. The van der Waals surface area contributed by atoms with Crippen molar-refractivity contribution in [3.8, 4) is 17.2 Å². The minimum atomic E-state index is 0.372. The summed E-state index contributed by atoms with van der Waals surface area (Å²) in [7, 11) is 5.60. The van der Waals surface area contributed by atoms with Crippen LogP contribution in [-0.4, -0.2) is 25.5 Å². The first-order chi connectivity index (χ1) is 19.9. The van der Waals surface area contributed by atoms with Gasteiger partial charge in [0.15, 0.2) is 5.75 Å². The molecular formula is C35H50O4P2. The van der Waals surface area contributed by atoms with Crippen molar-refractivity contribution in [2.75, 3.05) is 25.5 Å². The Balaban J connectivity index is 1.43. The molecule has 0 saturated carbocycles. The average molecular weight is 597 g/mol. The van der Waals surface area contributed by atoms with Gasteiger partial charge in [-0.05, 0) is 128 Å². The zero-order valence-electron chi connectivity index (χ0n) is 25.5. The molecule has 3 aromatic rings. The molecular weight excluding hydrogens is 546 g/mol. The van der Waals surface area contributed by atoms with Crippen molar-refractivity contribution in [2.24, 2.45) is 11.8 Å². The lowest BCUT2D eigenvalue weighted by molar-refractivity contribution is -0.218. The van der Waals surface area contributed by atoms with Gasteiger partial charge in [-0.15, -0.1) is 18.5 Å². The topological polar surface area (TPSA) is 36.9 Å². The molecule has 4 atom stereocenters. The lowest BCUT2D eigenvalue weighted by Crippen LogP contribution is -2.08. The van der Waals surface area contributed by atoms with E-state index in [0.717, 1.165) is 60.6 Å². The molecule has 0 fully saturated rings. The van der Waals surface area contributed by atoms with E-state index in [1.807, 2.05) is 30.3 Å². The van der Waals surface area contributed by atoms with Gasteiger partial charge in [0.05, 0.1) is 13.2 Å². The highest BCUT2D eigenvalue weighted by Gasteiger charge is 2.10. The largest absolute Gasteiger partial charge is 0.494 e. The maximum absolute atomic E-state index is 5.99. The van der Waals surface area contributed by atoms with E-state index in [1.165, 1.54) is 48.5 Å². The predicted octanol–water partition coefficient (Wildman–Crippen LogP) is 9.14. The maximum atomic E-state index is 5.99. The summed E-state index contributed by atoms with van der Waals surface area (Å²) in [4.78, 5) is 11.3. The fraction of sp³-hybridized carbons (Fsp3) is 0.486. The van der Waals surface area contributed by atoms with Crippen LogP contribution in [0.1, 0.15) is 73.8 Å². The number of hydrogen-bond acceptors (Lipinski definition) is 4. The second-order valence-corrected chi connectivity index (χ2v) is 12.5. The van der Waals surface area contributed by atoms with Crippen LogP contribution in [0.3, 0.4) is 0 Å². The Labute approximate surface area is 253 Å². The number of benzene rings is 3. The molecule has 41 heavy (non-hydrogen) atoms. The highest BCUT2D eigenvalue weighted by atomic mass is 31.0. The number of rotatable bonds is 19. The lowest BCUT2D eigenvalue weighted by Gasteiger charge is -2.15. The Hall–Kier alpha value is -2.12. The first-order valence-corrected chi connectivity index (χ1v) is 16.7. The first kappa shape index (κ1) is 33.4. The third-order valence-electron chi connectivity index (χ3n) is 7.68. The molecule has 0 bridgehead atoms. The Kier molecular flexibility index (Phi) is 15.0. The second-order valence-electron chi connectivity index (χ2n) is 11.3. The van der Waals surface area contributed by atoms with Gasteiger partial charge in [-0.1, -0.05) is 50.6 Å². The molecule has 0 amide bonds. The first-order valence-electron chi connectivity index (χ1n) is 15.1. The van der Waals surface area contributed by atoms with Gasteiger partial charge < -0.3 is 14.4 Å². The third kappa shape index (κ3) is 12.0. The van der Waals surface area contributed by atoms with Gasteiger partial charge in [-0.2, -0.15) is 4.89 Å². The summed E-state index contributed by atoms with van der Waals surface area (Å²) in [5, 5.41) is 0. The minimum Gasteiger partial charge on any atom is -0.494 e. The quantitative estimate of drug-likeness (QED) is 0.0786. The molecule has 4 unspecified atom stereocenters. The van der Waals surface area contributed by atoms with Crippen LogP contribution in [0.25, 0.3) is 0 Å². The molecule has 0 aliphatic carbocycles. The van der Waals surface area contributed by atoms with Gasteiger partial charge in [0.25, 0.3) is 0 Å². The highest BCUT2D eigenvalue weighted by Crippen LogP contribution is 2.27. The molecule has 3 rings (SSSR count). The van der Waals surface area contributed by atoms with Crippen LogP contribution in [-0.2, 0) is 17.9 Å². The van der Waals surface area contributed by atoms with E-state index in [2.05, 4.69) is 76.5 Å². The van der Waals surface area contributed by atoms with Gasteiger partial charge in [0.1, 0.15) is 18.1 Å². The van der Waals surface area contributed by atoms with Crippen molar-refractivity contribution < 1.29 is 19.2 Å². The fourth-order valence-corrected chi connectivity index (χ4v) is 5.15. The van der Waals surface area contributed by atoms with Gasteiger partial charge in [-0.3, -0.25) is 0 Å². The van der Waals surface area contributed by atoms with Crippen LogP contribution < -0.4 is 14.4 Å². The van der Waals surface area contributed by atoms with E-state index in [9.17, 15) is 0 Å². The van der Waals surface area contributed by atoms with Crippen LogP contribution in [0.2, 0.25) is 0 Å². The molecule has 6 heteroatoms. The summed E-state index contributed by atoms with van der Waals surface area (Å²) < 4.78 is 11.9. The number of ether oxygens (including phenoxy) is 2. The lowest BCUT2D eigenvalue weighted by atomic mass is 9.97. The van der Waals surface area contributed by atoms with Crippen molar-refractivity contribution in [3.63, 3.8) is 0 Å². The summed E-state index contributed by atoms with van der Waals surface area (Å²) in [5.74, 6) is 3.86. The normalized spacial score (nSPS) is 12.6. The van der Waals surface area contributed by atoms with Crippen molar-refractivity contribution in [1.82, 2.24) is 0 Å². The van der Waals surface area contributed by atoms with Crippen molar-refractivity contribution >= 4 is 18.5 Å². The molecule has 0 N–H and O–H groups in total. The van der Waals surface area contributed by atoms with E-state index >= 15 is 0 Å². The number of hydrogen-bond donors (Lipinski definition) is 0. The van der Waals surface area contributed by atoms with Crippen LogP contribution in [0.15, 0.2) is 60.7 Å². The van der Waals surface area contributed by atoms with Crippen molar-refractivity contribution in [2.45, 2.75) is 72.8 Å². The van der Waals surface area contributed by atoms with Crippen LogP contribution in [0.5, 0.6) is 17.2 Å².